The summed E-state index contributed by atoms with van der Waals surface area (Å²) >= 11 is 0. The van der Waals surface area contributed by atoms with Crippen LogP contribution >= 0.6 is 0 Å². The predicted molar refractivity (Wildman–Crippen MR) is 77.2 cm³/mol. The minimum absolute atomic E-state index is 0.472. The Morgan fingerprint density at radius 1 is 0.867 bits per heavy atom. The highest BCUT2D eigenvalue weighted by molar-refractivity contribution is 5.96. The van der Waals surface area contributed by atoms with Crippen LogP contribution in [0, 0.1) is 5.92 Å². The number of alkyl halides is 6. The van der Waals surface area contributed by atoms with Gasteiger partial charge in [0.2, 0.25) is 0 Å². The number of urea groups is 2. The van der Waals surface area contributed by atoms with E-state index >= 15 is 0 Å². The van der Waals surface area contributed by atoms with E-state index in [-0.39, 0.29) is 0 Å². The van der Waals surface area contributed by atoms with Gasteiger partial charge in [-0.15, -0.1) is 26.3 Å². The molecule has 0 aromatic carbocycles. The standard InChI is InChI=1S/C14H12F6N4O6/c15-13(16,17)23(7(25)4-21-10(23)29)12(3-9(27)28,6-1-2-6)24(14(18,19)20)8(26)5-22-11(24)30/h6H,1-5H2,(H-2,21,22,27,28,29,30)/p+2. The van der Waals surface area contributed by atoms with Crippen molar-refractivity contribution in [3.8, 4) is 0 Å². The van der Waals surface area contributed by atoms with Crippen LogP contribution in [0.3, 0.4) is 0 Å². The average Bonchev–Trinajstić information content (AvgIpc) is 3.30. The van der Waals surface area contributed by atoms with E-state index < -0.39 is 95.3 Å². The van der Waals surface area contributed by atoms with Gasteiger partial charge in [0.15, 0.2) is 6.42 Å². The molecule has 0 radical (unpaired) electrons. The van der Waals surface area contributed by atoms with Crippen LogP contribution in [0.25, 0.3) is 0 Å². The first-order valence-electron chi connectivity index (χ1n) is 8.39. The number of carboxylic acid groups (broad SMARTS) is 1. The lowest BCUT2D eigenvalue weighted by molar-refractivity contribution is -1.12. The van der Waals surface area contributed by atoms with Gasteiger partial charge in [0.1, 0.15) is 13.1 Å². The number of halogens is 6. The molecule has 0 bridgehead atoms. The molecule has 2 atom stereocenters. The lowest BCUT2D eigenvalue weighted by atomic mass is 9.89. The molecule has 0 aromatic heterocycles. The molecule has 0 spiro atoms. The molecule has 2 aliphatic heterocycles. The van der Waals surface area contributed by atoms with E-state index in [4.69, 9.17) is 0 Å². The molecule has 3 N–H and O–H groups in total. The summed E-state index contributed by atoms with van der Waals surface area (Å²) in [4.78, 5) is 61.5. The highest BCUT2D eigenvalue weighted by Gasteiger charge is 2.96. The number of carboxylic acids is 1. The Morgan fingerprint density at radius 3 is 1.43 bits per heavy atom. The Balaban J connectivity index is 2.58. The lowest BCUT2D eigenvalue weighted by Crippen LogP contribution is -2.89. The summed E-state index contributed by atoms with van der Waals surface area (Å²) < 4.78 is 79.1. The molecule has 1 aliphatic carbocycles. The van der Waals surface area contributed by atoms with Crippen LogP contribution in [-0.4, -0.2) is 75.3 Å². The number of quaternary nitrogens is 2. The molecule has 0 aromatic rings. The van der Waals surface area contributed by atoms with Gasteiger partial charge in [-0.3, -0.25) is 15.4 Å². The van der Waals surface area contributed by atoms with E-state index in [1.54, 1.807) is 0 Å². The Morgan fingerprint density at radius 2 is 1.23 bits per heavy atom. The molecular weight excluding hydrogens is 434 g/mol. The van der Waals surface area contributed by atoms with Crippen LogP contribution < -0.4 is 10.6 Å². The fraction of sp³-hybridized carbons (Fsp3) is 0.643. The van der Waals surface area contributed by atoms with Gasteiger partial charge in [-0.05, 0) is 21.8 Å². The summed E-state index contributed by atoms with van der Waals surface area (Å²) in [6, 6.07) is -4.56. The molecular formula is C14H14F6N4O6+2. The molecule has 3 rings (SSSR count). The number of aliphatic carboxylic acids is 1. The largest absolute Gasteiger partial charge is 0.582 e. The van der Waals surface area contributed by atoms with Crippen molar-refractivity contribution >= 4 is 29.8 Å². The molecule has 6 amide bonds. The lowest BCUT2D eigenvalue weighted by Gasteiger charge is -2.50. The average molecular weight is 448 g/mol. The van der Waals surface area contributed by atoms with Gasteiger partial charge >= 0.3 is 42.4 Å². The SMILES string of the molecule is O=C(O)CC(C1CC1)([N+]1(C(F)(F)F)C(=O)CNC1=O)[N+]1(C(F)(F)F)C(=O)CNC1=O. The highest BCUT2D eigenvalue weighted by atomic mass is 19.4. The summed E-state index contributed by atoms with van der Waals surface area (Å²) in [6.45, 7) is -2.72. The van der Waals surface area contributed by atoms with Gasteiger partial charge in [0.25, 0.3) is 5.66 Å². The van der Waals surface area contributed by atoms with Crippen LogP contribution in [-0.2, 0) is 14.4 Å². The predicted octanol–water partition coefficient (Wildman–Crippen LogP) is 0.740. The van der Waals surface area contributed by atoms with E-state index in [0.717, 1.165) is 0 Å². The summed E-state index contributed by atoms with van der Waals surface area (Å²) in [5.74, 6) is -8.45. The zero-order valence-corrected chi connectivity index (χ0v) is 14.8. The Kier molecular flexibility index (Phi) is 4.48. The number of carbonyl (C=O) groups is 5. The molecule has 2 heterocycles. The first kappa shape index (κ1) is 21.9. The Hall–Kier alpha value is -2.75. The molecule has 1 saturated carbocycles. The number of rotatable bonds is 5. The van der Waals surface area contributed by atoms with Crippen LogP contribution in [0.4, 0.5) is 35.9 Å². The van der Waals surface area contributed by atoms with E-state index in [0.29, 0.717) is 0 Å². The number of amides is 6. The molecule has 2 saturated heterocycles. The van der Waals surface area contributed by atoms with E-state index in [1.807, 2.05) is 0 Å². The molecule has 2 unspecified atom stereocenters. The zero-order valence-electron chi connectivity index (χ0n) is 14.8. The highest BCUT2D eigenvalue weighted by Crippen LogP contribution is 2.62. The van der Waals surface area contributed by atoms with Crippen molar-refractivity contribution in [1.29, 1.82) is 0 Å². The maximum atomic E-state index is 14.4. The number of imide groups is 2. The van der Waals surface area contributed by atoms with Crippen molar-refractivity contribution in [2.75, 3.05) is 13.1 Å². The number of hydrogen-bond donors (Lipinski definition) is 3. The summed E-state index contributed by atoms with van der Waals surface area (Å²) in [6.07, 6.45) is -15.2. The van der Waals surface area contributed by atoms with E-state index in [9.17, 15) is 55.4 Å². The van der Waals surface area contributed by atoms with Crippen molar-refractivity contribution in [2.45, 2.75) is 37.5 Å². The summed E-state index contributed by atoms with van der Waals surface area (Å²) in [7, 11) is 0. The topological polar surface area (TPSA) is 130 Å². The van der Waals surface area contributed by atoms with Crippen LogP contribution in [0.15, 0.2) is 0 Å². The summed E-state index contributed by atoms with van der Waals surface area (Å²) in [5.41, 5.74) is -4.06. The van der Waals surface area contributed by atoms with Crippen molar-refractivity contribution in [2.24, 2.45) is 5.92 Å². The van der Waals surface area contributed by atoms with Gasteiger partial charge in [0, 0.05) is 0 Å². The fourth-order valence-electron chi connectivity index (χ4n) is 4.66. The van der Waals surface area contributed by atoms with Crippen molar-refractivity contribution in [3.05, 3.63) is 0 Å². The molecule has 16 heteroatoms. The van der Waals surface area contributed by atoms with Gasteiger partial charge in [-0.1, -0.05) is 0 Å². The second kappa shape index (κ2) is 6.13. The maximum absolute atomic E-state index is 14.4. The Labute approximate surface area is 162 Å². The molecule has 166 valence electrons. The van der Waals surface area contributed by atoms with Crippen molar-refractivity contribution in [3.63, 3.8) is 0 Å². The minimum Gasteiger partial charge on any atom is -0.481 e. The van der Waals surface area contributed by atoms with E-state index in [2.05, 4.69) is 0 Å². The number of nitrogens with one attached hydrogen (secondary N) is 2. The number of carbonyl (C=O) groups excluding carboxylic acids is 4. The Bertz CT molecular complexity index is 778. The molecule has 3 fully saturated rings. The normalized spacial score (nSPS) is 32.1. The van der Waals surface area contributed by atoms with Gasteiger partial charge in [0.05, 0.1) is 5.92 Å². The first-order chi connectivity index (χ1) is 13.6. The minimum atomic E-state index is -6.10. The smallest absolute Gasteiger partial charge is 0.481 e. The second-order valence-corrected chi connectivity index (χ2v) is 7.11. The molecule has 30 heavy (non-hydrogen) atoms. The quantitative estimate of drug-likeness (QED) is 0.246. The first-order valence-corrected chi connectivity index (χ1v) is 8.39. The number of nitrogens with zero attached hydrogens (tertiary/aromatic N) is 2. The van der Waals surface area contributed by atoms with Gasteiger partial charge in [-0.25, -0.2) is 19.2 Å². The van der Waals surface area contributed by atoms with Gasteiger partial charge in [-0.2, -0.15) is 0 Å². The molecule has 3 aliphatic rings. The molecule has 10 nitrogen and oxygen atoms in total. The number of hydrogen-bond acceptors (Lipinski definition) is 5. The van der Waals surface area contributed by atoms with Crippen LogP contribution in [0.5, 0.6) is 0 Å². The monoisotopic (exact) mass is 448 g/mol. The summed E-state index contributed by atoms with van der Waals surface area (Å²) in [5, 5.41) is 12.3. The third-order valence-corrected chi connectivity index (χ3v) is 5.70. The zero-order chi connectivity index (χ0) is 22.9. The van der Waals surface area contributed by atoms with Crippen LogP contribution in [0.2, 0.25) is 0 Å². The fourth-order valence-corrected chi connectivity index (χ4v) is 4.66. The van der Waals surface area contributed by atoms with Crippen molar-refractivity contribution in [1.82, 2.24) is 10.6 Å². The third-order valence-electron chi connectivity index (χ3n) is 5.70. The van der Waals surface area contributed by atoms with Gasteiger partial charge < -0.3 is 5.11 Å². The van der Waals surface area contributed by atoms with E-state index in [1.165, 1.54) is 10.6 Å². The maximum Gasteiger partial charge on any atom is 0.582 e. The second-order valence-electron chi connectivity index (χ2n) is 7.11. The third kappa shape index (κ3) is 2.25. The van der Waals surface area contributed by atoms with Crippen LogP contribution in [0.1, 0.15) is 19.3 Å². The van der Waals surface area contributed by atoms with Crippen molar-refractivity contribution < 1.29 is 64.4 Å².